The molecule has 3 aliphatic rings. The van der Waals surface area contributed by atoms with Crippen molar-refractivity contribution in [2.75, 3.05) is 36.5 Å². The summed E-state index contributed by atoms with van der Waals surface area (Å²) in [6.07, 6.45) is 8.00. The minimum Gasteiger partial charge on any atom is -0.480 e. The molecule has 8 nitrogen and oxygen atoms in total. The standard InChI is InChI=1S/C19H29N5O3/c25-11-15-2-1-5-24(15)18-8-17(20-12-21-18)22-14-6-16(7-14)23(10-19(26)27)9-13-3-4-13/h8,12-16,25H,1-7,9-11H2,(H,26,27)(H,20,21,22). The van der Waals surface area contributed by atoms with Gasteiger partial charge in [-0.2, -0.15) is 0 Å². The molecule has 0 bridgehead atoms. The van der Waals surface area contributed by atoms with Crippen LogP contribution in [0.15, 0.2) is 12.4 Å². The van der Waals surface area contributed by atoms with E-state index in [9.17, 15) is 9.90 Å². The summed E-state index contributed by atoms with van der Waals surface area (Å²) < 4.78 is 0. The second-order valence-corrected chi connectivity index (χ2v) is 8.17. The summed E-state index contributed by atoms with van der Waals surface area (Å²) in [6, 6.07) is 2.77. The van der Waals surface area contributed by atoms with Crippen molar-refractivity contribution in [3.63, 3.8) is 0 Å². The molecule has 3 N–H and O–H groups in total. The molecule has 1 aromatic rings. The molecule has 2 saturated carbocycles. The summed E-state index contributed by atoms with van der Waals surface area (Å²) in [6.45, 7) is 2.12. The molecule has 0 amide bonds. The first-order valence-corrected chi connectivity index (χ1v) is 10.0. The fraction of sp³-hybridized carbons (Fsp3) is 0.737. The lowest BCUT2D eigenvalue weighted by atomic mass is 9.85. The highest BCUT2D eigenvalue weighted by Gasteiger charge is 2.37. The Bertz CT molecular complexity index is 663. The molecule has 1 aromatic heterocycles. The third kappa shape index (κ3) is 4.50. The van der Waals surface area contributed by atoms with Gasteiger partial charge < -0.3 is 20.4 Å². The number of hydrogen-bond donors (Lipinski definition) is 3. The molecule has 8 heteroatoms. The number of rotatable bonds is 9. The lowest BCUT2D eigenvalue weighted by molar-refractivity contribution is -0.139. The average molecular weight is 375 g/mol. The molecule has 1 atom stereocenters. The van der Waals surface area contributed by atoms with E-state index in [1.54, 1.807) is 6.33 Å². The molecule has 2 heterocycles. The summed E-state index contributed by atoms with van der Waals surface area (Å²) in [5.41, 5.74) is 0. The van der Waals surface area contributed by atoms with Crippen LogP contribution in [0.25, 0.3) is 0 Å². The van der Waals surface area contributed by atoms with Gasteiger partial charge in [-0.15, -0.1) is 0 Å². The van der Waals surface area contributed by atoms with E-state index >= 15 is 0 Å². The first-order chi connectivity index (χ1) is 13.1. The Morgan fingerprint density at radius 2 is 2.11 bits per heavy atom. The zero-order valence-corrected chi connectivity index (χ0v) is 15.6. The van der Waals surface area contributed by atoms with Gasteiger partial charge >= 0.3 is 5.97 Å². The minimum absolute atomic E-state index is 0.142. The number of aliphatic carboxylic acids is 1. The van der Waals surface area contributed by atoms with Crippen molar-refractivity contribution in [3.05, 3.63) is 12.4 Å². The number of aromatic nitrogens is 2. The quantitative estimate of drug-likeness (QED) is 0.591. The molecule has 0 aromatic carbocycles. The van der Waals surface area contributed by atoms with Crippen LogP contribution in [0, 0.1) is 5.92 Å². The number of carboxylic acids is 1. The van der Waals surface area contributed by atoms with Crippen LogP contribution in [-0.4, -0.2) is 75.4 Å². The number of aliphatic hydroxyl groups is 1. The van der Waals surface area contributed by atoms with Crippen molar-refractivity contribution in [3.8, 4) is 0 Å². The van der Waals surface area contributed by atoms with Crippen molar-refractivity contribution < 1.29 is 15.0 Å². The Labute approximate surface area is 159 Å². The highest BCUT2D eigenvalue weighted by atomic mass is 16.4. The van der Waals surface area contributed by atoms with Gasteiger partial charge in [0.25, 0.3) is 0 Å². The van der Waals surface area contributed by atoms with Crippen molar-refractivity contribution in [1.29, 1.82) is 0 Å². The predicted octanol–water partition coefficient (Wildman–Crippen LogP) is 1.18. The van der Waals surface area contributed by atoms with E-state index in [0.29, 0.717) is 18.0 Å². The number of aliphatic hydroxyl groups excluding tert-OH is 1. The number of hydrogen-bond acceptors (Lipinski definition) is 7. The topological polar surface area (TPSA) is 102 Å². The largest absolute Gasteiger partial charge is 0.480 e. The zero-order valence-electron chi connectivity index (χ0n) is 15.6. The van der Waals surface area contributed by atoms with Gasteiger partial charge in [0.1, 0.15) is 18.0 Å². The lowest BCUT2D eigenvalue weighted by Crippen LogP contribution is -2.52. The molecule has 0 radical (unpaired) electrons. The van der Waals surface area contributed by atoms with Gasteiger partial charge in [0.2, 0.25) is 0 Å². The van der Waals surface area contributed by atoms with Crippen LogP contribution in [-0.2, 0) is 4.79 Å². The third-order valence-electron chi connectivity index (χ3n) is 6.04. The maximum Gasteiger partial charge on any atom is 0.317 e. The molecule has 4 rings (SSSR count). The smallest absolute Gasteiger partial charge is 0.317 e. The SMILES string of the molecule is O=C(O)CN(CC1CC1)C1CC(Nc2cc(N3CCCC3CO)ncn2)C1. The summed E-state index contributed by atoms with van der Waals surface area (Å²) in [5, 5.41) is 22.2. The van der Waals surface area contributed by atoms with Crippen molar-refractivity contribution in [2.24, 2.45) is 5.92 Å². The van der Waals surface area contributed by atoms with Crippen LogP contribution in [0.5, 0.6) is 0 Å². The minimum atomic E-state index is -0.739. The number of anilines is 2. The Morgan fingerprint density at radius 3 is 2.81 bits per heavy atom. The predicted molar refractivity (Wildman–Crippen MR) is 102 cm³/mol. The van der Waals surface area contributed by atoms with E-state index in [2.05, 4.69) is 25.1 Å². The first-order valence-electron chi connectivity index (χ1n) is 10.0. The third-order valence-corrected chi connectivity index (χ3v) is 6.04. The normalized spacial score (nSPS) is 27.6. The summed E-state index contributed by atoms with van der Waals surface area (Å²) in [7, 11) is 0. The van der Waals surface area contributed by atoms with Gasteiger partial charge in [-0.05, 0) is 44.4 Å². The molecule has 0 spiro atoms. The second kappa shape index (κ2) is 7.98. The molecule has 27 heavy (non-hydrogen) atoms. The van der Waals surface area contributed by atoms with Crippen LogP contribution in [0.1, 0.15) is 38.5 Å². The van der Waals surface area contributed by atoms with Crippen molar-refractivity contribution >= 4 is 17.6 Å². The van der Waals surface area contributed by atoms with E-state index in [4.69, 9.17) is 5.11 Å². The Morgan fingerprint density at radius 1 is 1.30 bits per heavy atom. The van der Waals surface area contributed by atoms with E-state index in [0.717, 1.165) is 50.4 Å². The Balaban J connectivity index is 1.31. The van der Waals surface area contributed by atoms with E-state index < -0.39 is 5.97 Å². The summed E-state index contributed by atoms with van der Waals surface area (Å²) in [5.74, 6) is 1.62. The fourth-order valence-corrected chi connectivity index (χ4v) is 4.27. The highest BCUT2D eigenvalue weighted by Crippen LogP contribution is 2.35. The van der Waals surface area contributed by atoms with Gasteiger partial charge in [0.15, 0.2) is 0 Å². The molecule has 3 fully saturated rings. The van der Waals surface area contributed by atoms with Gasteiger partial charge in [-0.1, -0.05) is 0 Å². The van der Waals surface area contributed by atoms with Gasteiger partial charge in [0.05, 0.1) is 19.2 Å². The monoisotopic (exact) mass is 375 g/mol. The van der Waals surface area contributed by atoms with Gasteiger partial charge in [-0.25, -0.2) is 9.97 Å². The van der Waals surface area contributed by atoms with Gasteiger partial charge in [0, 0.05) is 31.2 Å². The van der Waals surface area contributed by atoms with Crippen LogP contribution >= 0.6 is 0 Å². The maximum atomic E-state index is 11.1. The molecule has 1 unspecified atom stereocenters. The number of nitrogens with one attached hydrogen (secondary N) is 1. The molecule has 1 aliphatic heterocycles. The summed E-state index contributed by atoms with van der Waals surface area (Å²) in [4.78, 5) is 24.2. The molecule has 148 valence electrons. The second-order valence-electron chi connectivity index (χ2n) is 8.17. The molecular formula is C19H29N5O3. The highest BCUT2D eigenvalue weighted by molar-refractivity contribution is 5.69. The van der Waals surface area contributed by atoms with Crippen LogP contribution in [0.4, 0.5) is 11.6 Å². The zero-order chi connectivity index (χ0) is 18.8. The van der Waals surface area contributed by atoms with Gasteiger partial charge in [-0.3, -0.25) is 9.69 Å². The number of carbonyl (C=O) groups is 1. The average Bonchev–Trinajstić information content (AvgIpc) is 3.30. The summed E-state index contributed by atoms with van der Waals surface area (Å²) >= 11 is 0. The van der Waals surface area contributed by atoms with Crippen molar-refractivity contribution in [2.45, 2.75) is 56.7 Å². The first kappa shape index (κ1) is 18.4. The molecule has 2 aliphatic carbocycles. The number of carboxylic acid groups (broad SMARTS) is 1. The van der Waals surface area contributed by atoms with E-state index in [1.165, 1.54) is 12.8 Å². The molecular weight excluding hydrogens is 346 g/mol. The van der Waals surface area contributed by atoms with Crippen molar-refractivity contribution in [1.82, 2.24) is 14.9 Å². The lowest BCUT2D eigenvalue weighted by Gasteiger charge is -2.43. The fourth-order valence-electron chi connectivity index (χ4n) is 4.27. The Hall–Kier alpha value is -1.93. The molecule has 1 saturated heterocycles. The maximum absolute atomic E-state index is 11.1. The van der Waals surface area contributed by atoms with Crippen LogP contribution in [0.2, 0.25) is 0 Å². The Kier molecular flexibility index (Phi) is 5.45. The van der Waals surface area contributed by atoms with Crippen LogP contribution < -0.4 is 10.2 Å². The van der Waals surface area contributed by atoms with Crippen LogP contribution in [0.3, 0.4) is 0 Å². The number of nitrogens with zero attached hydrogens (tertiary/aromatic N) is 4. The van der Waals surface area contributed by atoms with E-state index in [-0.39, 0.29) is 19.2 Å². The van der Waals surface area contributed by atoms with E-state index in [1.807, 2.05) is 6.07 Å².